The molecular weight excluding hydrogens is 238 g/mol. The van der Waals surface area contributed by atoms with Gasteiger partial charge in [0.1, 0.15) is 5.75 Å². The van der Waals surface area contributed by atoms with Crippen LogP contribution in [0.5, 0.6) is 5.75 Å². The summed E-state index contributed by atoms with van der Waals surface area (Å²) in [5, 5.41) is 0. The van der Waals surface area contributed by atoms with Gasteiger partial charge in [-0.05, 0) is 48.6 Å². The molecule has 1 heterocycles. The largest absolute Gasteiger partial charge is 0.493 e. The molecule has 3 heteroatoms. The summed E-state index contributed by atoms with van der Waals surface area (Å²) in [7, 11) is 0. The zero-order chi connectivity index (χ0) is 13.9. The second-order valence-corrected chi connectivity index (χ2v) is 6.05. The van der Waals surface area contributed by atoms with Gasteiger partial charge in [0.25, 0.3) is 0 Å². The molecule has 0 aliphatic carbocycles. The Labute approximate surface area is 115 Å². The highest BCUT2D eigenvalue weighted by Crippen LogP contribution is 2.29. The van der Waals surface area contributed by atoms with Gasteiger partial charge in [0.2, 0.25) is 0 Å². The number of carbonyl (C=O) groups excluding carboxylic acids is 1. The Balaban J connectivity index is 1.97. The summed E-state index contributed by atoms with van der Waals surface area (Å²) < 4.78 is 5.45. The minimum absolute atomic E-state index is 0.143. The number of hydrogen-bond donors (Lipinski definition) is 1. The molecule has 0 fully saturated rings. The molecule has 1 aromatic rings. The van der Waals surface area contributed by atoms with Gasteiger partial charge in [0.05, 0.1) is 6.61 Å². The Morgan fingerprint density at radius 3 is 2.89 bits per heavy atom. The summed E-state index contributed by atoms with van der Waals surface area (Å²) in [6, 6.07) is 5.78. The fourth-order valence-corrected chi connectivity index (χ4v) is 2.47. The third-order valence-electron chi connectivity index (χ3n) is 3.86. The van der Waals surface area contributed by atoms with Crippen molar-refractivity contribution < 1.29 is 9.53 Å². The molecule has 104 valence electrons. The summed E-state index contributed by atoms with van der Waals surface area (Å²) >= 11 is 0. The van der Waals surface area contributed by atoms with Crippen LogP contribution in [-0.4, -0.2) is 18.9 Å². The molecule has 2 N–H and O–H groups in total. The molecule has 1 aliphatic rings. The van der Waals surface area contributed by atoms with Crippen molar-refractivity contribution in [1.29, 1.82) is 0 Å². The molecule has 0 saturated heterocycles. The molecule has 1 aromatic carbocycles. The van der Waals surface area contributed by atoms with E-state index in [1.54, 1.807) is 0 Å². The standard InChI is InChI=1S/C16H23NO2/c1-16(2,8-9-17)7-5-14(18)12-3-4-15-13(11-12)6-10-19-15/h3-4,11H,5-10,17H2,1-2H3. The van der Waals surface area contributed by atoms with E-state index in [-0.39, 0.29) is 11.2 Å². The first kappa shape index (κ1) is 14.1. The van der Waals surface area contributed by atoms with Gasteiger partial charge in [0, 0.05) is 18.4 Å². The summed E-state index contributed by atoms with van der Waals surface area (Å²) in [4.78, 5) is 12.2. The zero-order valence-corrected chi connectivity index (χ0v) is 11.9. The minimum Gasteiger partial charge on any atom is -0.493 e. The molecule has 1 aliphatic heterocycles. The van der Waals surface area contributed by atoms with Crippen LogP contribution < -0.4 is 10.5 Å². The van der Waals surface area contributed by atoms with Crippen LogP contribution in [0, 0.1) is 5.41 Å². The van der Waals surface area contributed by atoms with Gasteiger partial charge in [-0.1, -0.05) is 13.8 Å². The van der Waals surface area contributed by atoms with Crippen molar-refractivity contribution in [3.8, 4) is 5.75 Å². The number of rotatable bonds is 6. The third kappa shape index (κ3) is 3.57. The first-order valence-electron chi connectivity index (χ1n) is 7.01. The predicted molar refractivity (Wildman–Crippen MR) is 76.7 cm³/mol. The Morgan fingerprint density at radius 2 is 2.16 bits per heavy atom. The number of fused-ring (bicyclic) bond motifs is 1. The van der Waals surface area contributed by atoms with Crippen molar-refractivity contribution in [2.75, 3.05) is 13.2 Å². The lowest BCUT2D eigenvalue weighted by molar-refractivity contribution is 0.0961. The van der Waals surface area contributed by atoms with Crippen LogP contribution in [0.4, 0.5) is 0 Å². The predicted octanol–water partition coefficient (Wildman–Crippen LogP) is 2.96. The van der Waals surface area contributed by atoms with Gasteiger partial charge >= 0.3 is 0 Å². The molecule has 3 nitrogen and oxygen atoms in total. The Kier molecular flexibility index (Phi) is 4.25. The van der Waals surface area contributed by atoms with Gasteiger partial charge < -0.3 is 10.5 Å². The molecular formula is C16H23NO2. The number of hydrogen-bond acceptors (Lipinski definition) is 3. The van der Waals surface area contributed by atoms with Gasteiger partial charge in [0.15, 0.2) is 5.78 Å². The van der Waals surface area contributed by atoms with Crippen molar-refractivity contribution in [3.05, 3.63) is 29.3 Å². The molecule has 0 radical (unpaired) electrons. The van der Waals surface area contributed by atoms with E-state index in [9.17, 15) is 4.79 Å². The van der Waals surface area contributed by atoms with E-state index in [1.165, 1.54) is 0 Å². The highest BCUT2D eigenvalue weighted by molar-refractivity contribution is 5.96. The Hall–Kier alpha value is -1.35. The average molecular weight is 261 g/mol. The third-order valence-corrected chi connectivity index (χ3v) is 3.86. The maximum atomic E-state index is 12.2. The number of nitrogens with two attached hydrogens (primary N) is 1. The summed E-state index contributed by atoms with van der Waals surface area (Å²) in [5.41, 5.74) is 7.71. The van der Waals surface area contributed by atoms with E-state index in [4.69, 9.17) is 10.5 Å². The topological polar surface area (TPSA) is 52.3 Å². The fourth-order valence-electron chi connectivity index (χ4n) is 2.47. The first-order valence-corrected chi connectivity index (χ1v) is 7.01. The smallest absolute Gasteiger partial charge is 0.162 e. The molecule has 19 heavy (non-hydrogen) atoms. The van der Waals surface area contributed by atoms with E-state index in [2.05, 4.69) is 13.8 Å². The monoisotopic (exact) mass is 261 g/mol. The summed E-state index contributed by atoms with van der Waals surface area (Å²) in [6.07, 6.45) is 3.34. The Morgan fingerprint density at radius 1 is 1.37 bits per heavy atom. The number of ketones is 1. The fraction of sp³-hybridized carbons (Fsp3) is 0.562. The molecule has 2 rings (SSSR count). The minimum atomic E-state index is 0.143. The average Bonchev–Trinajstić information content (AvgIpc) is 2.83. The summed E-state index contributed by atoms with van der Waals surface area (Å²) in [6.45, 7) is 5.75. The van der Waals surface area contributed by atoms with Crippen molar-refractivity contribution in [2.45, 2.75) is 39.5 Å². The molecule has 0 aromatic heterocycles. The van der Waals surface area contributed by atoms with Gasteiger partial charge in [-0.2, -0.15) is 0 Å². The van der Waals surface area contributed by atoms with Crippen LogP contribution in [0.1, 0.15) is 49.0 Å². The van der Waals surface area contributed by atoms with Crippen LogP contribution >= 0.6 is 0 Å². The number of benzene rings is 1. The quantitative estimate of drug-likeness (QED) is 0.801. The molecule has 0 amide bonds. The highest BCUT2D eigenvalue weighted by atomic mass is 16.5. The molecule has 0 bridgehead atoms. The Bertz CT molecular complexity index is 466. The number of Topliss-reactive ketones (excluding diaryl/α,β-unsaturated/α-hetero) is 1. The highest BCUT2D eigenvalue weighted by Gasteiger charge is 2.20. The number of ether oxygens (including phenoxy) is 1. The van der Waals surface area contributed by atoms with Crippen molar-refractivity contribution in [2.24, 2.45) is 11.1 Å². The van der Waals surface area contributed by atoms with Gasteiger partial charge in [-0.3, -0.25) is 4.79 Å². The maximum Gasteiger partial charge on any atom is 0.162 e. The SMILES string of the molecule is CC(C)(CCN)CCC(=O)c1ccc2c(c1)CCO2. The van der Waals surface area contributed by atoms with E-state index < -0.39 is 0 Å². The number of carbonyl (C=O) groups is 1. The van der Waals surface area contributed by atoms with Gasteiger partial charge in [-0.15, -0.1) is 0 Å². The van der Waals surface area contributed by atoms with E-state index in [0.29, 0.717) is 13.0 Å². The normalized spacial score (nSPS) is 14.1. The molecule has 0 unspecified atom stereocenters. The van der Waals surface area contributed by atoms with Crippen molar-refractivity contribution in [3.63, 3.8) is 0 Å². The van der Waals surface area contributed by atoms with E-state index in [1.807, 2.05) is 18.2 Å². The van der Waals surface area contributed by atoms with Crippen LogP contribution in [0.2, 0.25) is 0 Å². The lowest BCUT2D eigenvalue weighted by atomic mass is 9.83. The van der Waals surface area contributed by atoms with Crippen molar-refractivity contribution >= 4 is 5.78 Å². The summed E-state index contributed by atoms with van der Waals surface area (Å²) in [5.74, 6) is 1.15. The van der Waals surface area contributed by atoms with Crippen LogP contribution in [-0.2, 0) is 6.42 Å². The van der Waals surface area contributed by atoms with E-state index in [0.717, 1.165) is 42.7 Å². The van der Waals surface area contributed by atoms with E-state index >= 15 is 0 Å². The van der Waals surface area contributed by atoms with Crippen LogP contribution in [0.25, 0.3) is 0 Å². The zero-order valence-electron chi connectivity index (χ0n) is 11.9. The molecule has 0 spiro atoms. The second-order valence-electron chi connectivity index (χ2n) is 6.05. The van der Waals surface area contributed by atoms with Crippen LogP contribution in [0.3, 0.4) is 0 Å². The van der Waals surface area contributed by atoms with Crippen LogP contribution in [0.15, 0.2) is 18.2 Å². The first-order chi connectivity index (χ1) is 9.02. The van der Waals surface area contributed by atoms with Crippen molar-refractivity contribution in [1.82, 2.24) is 0 Å². The maximum absolute atomic E-state index is 12.2. The van der Waals surface area contributed by atoms with Gasteiger partial charge in [-0.25, -0.2) is 0 Å². The molecule has 0 saturated carbocycles. The lowest BCUT2D eigenvalue weighted by Crippen LogP contribution is -2.18. The lowest BCUT2D eigenvalue weighted by Gasteiger charge is -2.23. The second kappa shape index (κ2) is 5.74. The molecule has 0 atom stereocenters.